The SMILES string of the molecule is CN(C)C.[SiH3][SiH3]. The van der Waals surface area contributed by atoms with Crippen molar-refractivity contribution in [3.8, 4) is 0 Å². The van der Waals surface area contributed by atoms with E-state index in [1.54, 1.807) is 0 Å². The molecule has 1 nitrogen and oxygen atoms in total. The maximum Gasteiger partial charge on any atom is -0.0125 e. The van der Waals surface area contributed by atoms with E-state index in [0.717, 1.165) is 0 Å². The van der Waals surface area contributed by atoms with E-state index < -0.39 is 0 Å². The van der Waals surface area contributed by atoms with Crippen molar-refractivity contribution in [3.63, 3.8) is 0 Å². The molecule has 0 rings (SSSR count). The Hall–Kier alpha value is 0.394. The van der Waals surface area contributed by atoms with Crippen LogP contribution in [0.5, 0.6) is 0 Å². The molecule has 0 aromatic rings. The lowest BCUT2D eigenvalue weighted by Gasteiger charge is -1.90. The molecule has 0 aliphatic rings. The summed E-state index contributed by atoms with van der Waals surface area (Å²) in [5.74, 6) is 0. The molecular formula is C3H15NSi2. The van der Waals surface area contributed by atoms with Crippen LogP contribution < -0.4 is 0 Å². The van der Waals surface area contributed by atoms with Crippen molar-refractivity contribution < 1.29 is 0 Å². The van der Waals surface area contributed by atoms with Gasteiger partial charge in [-0.3, -0.25) is 0 Å². The van der Waals surface area contributed by atoms with Crippen molar-refractivity contribution in [1.29, 1.82) is 0 Å². The van der Waals surface area contributed by atoms with Gasteiger partial charge in [-0.05, 0) is 40.7 Å². The average molecular weight is 121 g/mol. The first kappa shape index (κ1) is 9.64. The molecule has 0 saturated heterocycles. The van der Waals surface area contributed by atoms with E-state index in [0.29, 0.717) is 0 Å². The van der Waals surface area contributed by atoms with E-state index in [1.165, 1.54) is 19.5 Å². The lowest BCUT2D eigenvalue weighted by molar-refractivity contribution is 0.505. The Balaban J connectivity index is 0. The Labute approximate surface area is 46.4 Å². The quantitative estimate of drug-likeness (QED) is 0.329. The average Bonchev–Trinajstić information content (AvgIpc) is 1.41. The summed E-state index contributed by atoms with van der Waals surface area (Å²) in [7, 11) is 8.89. The zero-order chi connectivity index (χ0) is 5.58. The van der Waals surface area contributed by atoms with Gasteiger partial charge < -0.3 is 4.90 Å². The first-order valence-corrected chi connectivity index (χ1v) is 10.3. The molecule has 0 radical (unpaired) electrons. The van der Waals surface area contributed by atoms with Gasteiger partial charge in [-0.15, -0.1) is 0 Å². The van der Waals surface area contributed by atoms with Gasteiger partial charge in [0.15, 0.2) is 0 Å². The van der Waals surface area contributed by atoms with Crippen LogP contribution in [-0.4, -0.2) is 45.6 Å². The second-order valence-corrected chi connectivity index (χ2v) is 1.34. The van der Waals surface area contributed by atoms with Gasteiger partial charge in [0.25, 0.3) is 0 Å². The van der Waals surface area contributed by atoms with Crippen LogP contribution in [0.3, 0.4) is 0 Å². The van der Waals surface area contributed by atoms with E-state index in [4.69, 9.17) is 0 Å². The highest BCUT2D eigenvalue weighted by Crippen LogP contribution is 1.47. The van der Waals surface area contributed by atoms with Gasteiger partial charge in [-0.2, -0.15) is 0 Å². The predicted octanol–water partition coefficient (Wildman–Crippen LogP) is -2.19. The van der Waals surface area contributed by atoms with Gasteiger partial charge in [0.1, 0.15) is 0 Å². The van der Waals surface area contributed by atoms with Crippen LogP contribution in [0, 0.1) is 0 Å². The number of nitrogens with zero attached hydrogens (tertiary/aromatic N) is 1. The highest BCUT2D eigenvalue weighted by molar-refractivity contribution is 6.75. The van der Waals surface area contributed by atoms with Crippen LogP contribution in [0.2, 0.25) is 0 Å². The van der Waals surface area contributed by atoms with Crippen molar-refractivity contribution in [2.24, 2.45) is 0 Å². The lowest BCUT2D eigenvalue weighted by atomic mass is 11.0. The molecule has 0 aliphatic carbocycles. The van der Waals surface area contributed by atoms with Gasteiger partial charge in [-0.1, -0.05) is 0 Å². The van der Waals surface area contributed by atoms with Crippen molar-refractivity contribution in [2.45, 2.75) is 0 Å². The van der Waals surface area contributed by atoms with Gasteiger partial charge in [-0.25, -0.2) is 0 Å². The summed E-state index contributed by atoms with van der Waals surface area (Å²) in [4.78, 5) is 2.00. The van der Waals surface area contributed by atoms with E-state index >= 15 is 0 Å². The monoisotopic (exact) mass is 121 g/mol. The molecule has 0 heterocycles. The molecule has 0 aromatic heterocycles. The van der Waals surface area contributed by atoms with Gasteiger partial charge >= 0.3 is 0 Å². The van der Waals surface area contributed by atoms with Crippen LogP contribution in [0.4, 0.5) is 0 Å². The molecular weight excluding hydrogens is 106 g/mol. The third kappa shape index (κ3) is 326. The van der Waals surface area contributed by atoms with Gasteiger partial charge in [0, 0.05) is 0 Å². The Morgan fingerprint density at radius 2 is 1.00 bits per heavy atom. The second-order valence-electron chi connectivity index (χ2n) is 1.34. The Bertz CT molecular complexity index is 13.5. The predicted molar refractivity (Wildman–Crippen MR) is 39.5 cm³/mol. The molecule has 40 valence electrons. The second kappa shape index (κ2) is 9.04. The molecule has 0 amide bonds. The molecule has 0 fully saturated rings. The number of rotatable bonds is 0. The molecule has 0 aliphatic heterocycles. The standard InChI is InChI=1S/C3H9N.H6Si2/c1-4(2)3;1-2/h1-3H3;1-2H3. The minimum atomic E-state index is 1.44. The van der Waals surface area contributed by atoms with Crippen LogP contribution >= 0.6 is 0 Å². The first-order valence-electron chi connectivity index (χ1n) is 2.34. The van der Waals surface area contributed by atoms with Crippen LogP contribution in [0.25, 0.3) is 0 Å². The minimum absolute atomic E-state index is 1.44. The van der Waals surface area contributed by atoms with Crippen molar-refractivity contribution >= 4 is 19.5 Å². The molecule has 0 saturated carbocycles. The largest absolute Gasteiger partial charge is 0.312 e. The summed E-state index contributed by atoms with van der Waals surface area (Å²) in [6.07, 6.45) is 0. The fourth-order valence-corrected chi connectivity index (χ4v) is 0. The number of hydrogen-bond donors (Lipinski definition) is 0. The molecule has 0 atom stereocenters. The minimum Gasteiger partial charge on any atom is -0.312 e. The highest BCUT2D eigenvalue weighted by Gasteiger charge is 1.58. The van der Waals surface area contributed by atoms with Gasteiger partial charge in [0.2, 0.25) is 0 Å². The van der Waals surface area contributed by atoms with E-state index in [9.17, 15) is 0 Å². The number of hydrogen-bond acceptors (Lipinski definition) is 1. The van der Waals surface area contributed by atoms with Crippen LogP contribution in [0.15, 0.2) is 0 Å². The smallest absolute Gasteiger partial charge is 0.0125 e. The fraction of sp³-hybridized carbons (Fsp3) is 1.00. The Morgan fingerprint density at radius 1 is 1.00 bits per heavy atom. The first-order chi connectivity index (χ1) is 2.73. The summed E-state index contributed by atoms with van der Waals surface area (Å²) < 4.78 is 0. The molecule has 0 spiro atoms. The molecule has 6 heavy (non-hydrogen) atoms. The third-order valence-corrected chi connectivity index (χ3v) is 0. The van der Waals surface area contributed by atoms with Crippen molar-refractivity contribution in [2.75, 3.05) is 21.1 Å². The summed E-state index contributed by atoms with van der Waals surface area (Å²) >= 11 is 0. The fourth-order valence-electron chi connectivity index (χ4n) is 0. The van der Waals surface area contributed by atoms with E-state index in [2.05, 4.69) is 0 Å². The normalized spacial score (nSPS) is 8.00. The molecule has 0 unspecified atom stereocenters. The van der Waals surface area contributed by atoms with E-state index in [-0.39, 0.29) is 0 Å². The maximum absolute atomic E-state index is 2.00. The topological polar surface area (TPSA) is 3.24 Å². The summed E-state index contributed by atoms with van der Waals surface area (Å²) in [6, 6.07) is 0. The van der Waals surface area contributed by atoms with E-state index in [1.807, 2.05) is 26.0 Å². The summed E-state index contributed by atoms with van der Waals surface area (Å²) in [5, 5.41) is 0. The summed E-state index contributed by atoms with van der Waals surface area (Å²) in [5.41, 5.74) is 0. The highest BCUT2D eigenvalue weighted by atomic mass is 29.1. The van der Waals surface area contributed by atoms with Crippen molar-refractivity contribution in [1.82, 2.24) is 4.90 Å². The lowest BCUT2D eigenvalue weighted by Crippen LogP contribution is -1.99. The van der Waals surface area contributed by atoms with Crippen LogP contribution in [0.1, 0.15) is 0 Å². The molecule has 0 bridgehead atoms. The molecule has 0 N–H and O–H groups in total. The molecule has 0 aromatic carbocycles. The Morgan fingerprint density at radius 3 is 1.00 bits per heavy atom. The van der Waals surface area contributed by atoms with Crippen LogP contribution in [-0.2, 0) is 0 Å². The maximum atomic E-state index is 2.00. The zero-order valence-corrected chi connectivity index (χ0v) is 9.45. The van der Waals surface area contributed by atoms with Gasteiger partial charge in [0.05, 0.1) is 0 Å². The molecule has 3 heteroatoms. The van der Waals surface area contributed by atoms with Crippen molar-refractivity contribution in [3.05, 3.63) is 0 Å². The summed E-state index contributed by atoms with van der Waals surface area (Å²) in [6.45, 7) is 0. The Kier molecular flexibility index (Phi) is 14.5. The third-order valence-electron chi connectivity index (χ3n) is 0. The zero-order valence-electron chi connectivity index (χ0n) is 5.45.